The highest BCUT2D eigenvalue weighted by Gasteiger charge is 2.27. The van der Waals surface area contributed by atoms with E-state index in [2.05, 4.69) is 82.4 Å². The number of rotatable bonds is 21. The van der Waals surface area contributed by atoms with Gasteiger partial charge in [-0.15, -0.1) is 11.6 Å². The van der Waals surface area contributed by atoms with E-state index in [0.717, 1.165) is 59.0 Å². The number of benzene rings is 3. The van der Waals surface area contributed by atoms with E-state index in [1.807, 2.05) is 82.0 Å². The number of carbonyl (C=O) groups excluding carboxylic acids is 3. The standard InChI is InChI=1S/2C17H21N5O3.C9H8BrNO2.C8H14N4O.C4H10ClN.C4H5N3O/c2*1-22(2)6-7-25-14-9-18-10-20-16(14)21-13-5-4-11-12(15(13)24-3)8-19-17(11)23;1-13-8-6-4-11-9(12)5(6)2-3-7(8)10;1-12(2)3-4-13-7-5-10-6-11-8(7)9;1-6(2)4-3-5;5-4-3(8)1-6-2-7-4/h2*4-5,9-10H,6-8H2,1-3H3,(H,19,23)(H,18,20,21);2-3H,4H2,1H3,(H,11,12);5-6H,3-4H2,1-2H3,(H2,9,10,11);3-4H2,1-2H3;1-2,8H,(H2,5,6,7). The fourth-order valence-corrected chi connectivity index (χ4v) is 8.81. The summed E-state index contributed by atoms with van der Waals surface area (Å²) in [5.74, 6) is 5.68. The van der Waals surface area contributed by atoms with Gasteiger partial charge in [0.2, 0.25) is 0 Å². The fraction of sp³-hybridized carbons (Fsp3) is 0.373. The van der Waals surface area contributed by atoms with Crippen molar-refractivity contribution in [1.29, 1.82) is 0 Å². The number of amides is 3. The van der Waals surface area contributed by atoms with Crippen molar-refractivity contribution in [2.75, 3.05) is 152 Å². The first-order valence-electron chi connectivity index (χ1n) is 27.8. The average molecular weight is 1330 g/mol. The molecule has 4 aromatic heterocycles. The molecule has 0 spiro atoms. The van der Waals surface area contributed by atoms with Crippen molar-refractivity contribution in [3.05, 3.63) is 124 Å². The van der Waals surface area contributed by atoms with Gasteiger partial charge >= 0.3 is 0 Å². The van der Waals surface area contributed by atoms with E-state index in [1.54, 1.807) is 70.3 Å². The minimum absolute atomic E-state index is 0.0270. The van der Waals surface area contributed by atoms with Gasteiger partial charge in [0.25, 0.3) is 17.7 Å². The van der Waals surface area contributed by atoms with E-state index < -0.39 is 0 Å². The van der Waals surface area contributed by atoms with Gasteiger partial charge in [0.1, 0.15) is 62.4 Å². The first-order chi connectivity index (χ1) is 43.2. The van der Waals surface area contributed by atoms with Crippen molar-refractivity contribution in [3.63, 3.8) is 0 Å². The smallest absolute Gasteiger partial charge is 0.252 e. The number of likely N-dealkylation sites (N-methyl/N-ethyl adjacent to an activating group) is 3. The first-order valence-corrected chi connectivity index (χ1v) is 29.1. The SMILES string of the molecule is CN(C)CCCl.CN(C)CCOc1cncnc1N.COc1c(Br)ccc2c1CNC2=O.COc1c(Nc2ncncc2OCCN(C)C)ccc2c1CNC2=O.COc1c(Nc2ncncc2OCCN(C)C)ccc2c1CNC2=O.Nc1ncncc1O. The van der Waals surface area contributed by atoms with Crippen LogP contribution in [0, 0.1) is 0 Å². The Morgan fingerprint density at radius 2 is 0.867 bits per heavy atom. The summed E-state index contributed by atoms with van der Waals surface area (Å²) in [4.78, 5) is 74.2. The van der Waals surface area contributed by atoms with Crippen LogP contribution in [-0.4, -0.2) is 212 Å². The Morgan fingerprint density at radius 3 is 1.21 bits per heavy atom. The Bertz CT molecular complexity index is 3290. The zero-order chi connectivity index (χ0) is 65.7. The molecule has 90 heavy (non-hydrogen) atoms. The maximum Gasteiger partial charge on any atom is 0.252 e. The molecule has 0 radical (unpaired) electrons. The van der Waals surface area contributed by atoms with Crippen LogP contribution < -0.4 is 66.5 Å². The molecule has 10 N–H and O–H groups in total. The van der Waals surface area contributed by atoms with Crippen LogP contribution >= 0.6 is 27.5 Å². The van der Waals surface area contributed by atoms with Gasteiger partial charge in [0.05, 0.1) is 62.0 Å². The number of hydrogen-bond donors (Lipinski definition) is 8. The normalized spacial score (nSPS) is 12.0. The van der Waals surface area contributed by atoms with Crippen LogP contribution in [0.1, 0.15) is 47.8 Å². The number of nitrogens with one attached hydrogen (secondary N) is 5. The largest absolute Gasteiger partial charge is 0.503 e. The van der Waals surface area contributed by atoms with E-state index in [1.165, 1.54) is 31.5 Å². The highest BCUT2D eigenvalue weighted by Crippen LogP contribution is 2.39. The second kappa shape index (κ2) is 37.0. The molecule has 0 saturated heterocycles. The lowest BCUT2D eigenvalue weighted by molar-refractivity contribution is 0.0957. The number of nitrogens with zero attached hydrogens (tertiary/aromatic N) is 12. The number of halogens is 2. The lowest BCUT2D eigenvalue weighted by Crippen LogP contribution is -2.19. The number of aromatic hydroxyl groups is 1. The van der Waals surface area contributed by atoms with Gasteiger partial charge in [-0.3, -0.25) is 14.4 Å². The maximum atomic E-state index is 11.8. The van der Waals surface area contributed by atoms with E-state index in [9.17, 15) is 14.4 Å². The second-order valence-electron chi connectivity index (χ2n) is 20.2. The van der Waals surface area contributed by atoms with Crippen molar-refractivity contribution in [3.8, 4) is 40.2 Å². The number of fused-ring (bicyclic) bond motifs is 3. The molecular weight excluding hydrogens is 1250 g/mol. The van der Waals surface area contributed by atoms with E-state index in [0.29, 0.717) is 114 Å². The van der Waals surface area contributed by atoms with E-state index in [4.69, 9.17) is 56.6 Å². The van der Waals surface area contributed by atoms with Crippen molar-refractivity contribution in [1.82, 2.24) is 75.4 Å². The summed E-state index contributed by atoms with van der Waals surface area (Å²) in [5.41, 5.74) is 16.7. The molecular formula is C59H79BrClN19O10. The third-order valence-corrected chi connectivity index (χ3v) is 13.4. The molecule has 484 valence electrons. The topological polar surface area (TPSA) is 355 Å². The molecule has 3 aliphatic heterocycles. The molecule has 0 saturated carbocycles. The lowest BCUT2D eigenvalue weighted by Gasteiger charge is -2.16. The summed E-state index contributed by atoms with van der Waals surface area (Å²) >= 11 is 8.72. The zero-order valence-electron chi connectivity index (χ0n) is 52.3. The molecule has 31 heteroatoms. The molecule has 0 bridgehead atoms. The third kappa shape index (κ3) is 21.8. The Balaban J connectivity index is 0.000000210. The quantitative estimate of drug-likeness (QED) is 0.0435. The summed E-state index contributed by atoms with van der Waals surface area (Å²) in [6.45, 7) is 6.46. The van der Waals surface area contributed by atoms with Crippen LogP contribution in [0.15, 0.2) is 91.0 Å². The molecule has 3 aromatic carbocycles. The predicted molar refractivity (Wildman–Crippen MR) is 347 cm³/mol. The van der Waals surface area contributed by atoms with Gasteiger partial charge in [-0.1, -0.05) is 0 Å². The number of anilines is 6. The van der Waals surface area contributed by atoms with Gasteiger partial charge in [-0.2, -0.15) is 0 Å². The summed E-state index contributed by atoms with van der Waals surface area (Å²) in [5, 5.41) is 23.5. The Kier molecular flexibility index (Phi) is 29.4. The minimum Gasteiger partial charge on any atom is -0.503 e. The highest BCUT2D eigenvalue weighted by atomic mass is 79.9. The Morgan fingerprint density at radius 1 is 0.511 bits per heavy atom. The van der Waals surface area contributed by atoms with Crippen LogP contribution in [0.25, 0.3) is 0 Å². The molecule has 10 rings (SSSR count). The van der Waals surface area contributed by atoms with Crippen molar-refractivity contribution in [2.45, 2.75) is 19.6 Å². The molecule has 0 aliphatic carbocycles. The molecule has 3 amide bonds. The van der Waals surface area contributed by atoms with Gasteiger partial charge in [-0.05, 0) is 109 Å². The summed E-state index contributed by atoms with van der Waals surface area (Å²) in [6.07, 6.45) is 11.6. The molecule has 29 nitrogen and oxygen atoms in total. The first kappa shape index (κ1) is 71.6. The number of aromatic nitrogens is 8. The monoisotopic (exact) mass is 1330 g/mol. The van der Waals surface area contributed by atoms with Gasteiger partial charge < -0.3 is 91.2 Å². The molecule has 7 aromatic rings. The summed E-state index contributed by atoms with van der Waals surface area (Å²) in [7, 11) is 20.7. The number of ether oxygens (including phenoxy) is 6. The van der Waals surface area contributed by atoms with E-state index >= 15 is 0 Å². The Hall–Kier alpha value is -9.20. The Labute approximate surface area is 536 Å². The molecule has 0 fully saturated rings. The average Bonchev–Trinajstić information content (AvgIpc) is 1.82. The minimum atomic E-state index is -0.0883. The summed E-state index contributed by atoms with van der Waals surface area (Å²) in [6, 6.07) is 10.8. The van der Waals surface area contributed by atoms with Crippen LogP contribution in [0.3, 0.4) is 0 Å². The van der Waals surface area contributed by atoms with Gasteiger partial charge in [0, 0.05) is 85.1 Å². The van der Waals surface area contributed by atoms with Crippen LogP contribution in [0.2, 0.25) is 0 Å². The molecule has 0 atom stereocenters. The van der Waals surface area contributed by atoms with Crippen molar-refractivity contribution < 1.29 is 47.9 Å². The number of carbonyl (C=O) groups is 3. The van der Waals surface area contributed by atoms with Crippen LogP contribution in [0.4, 0.5) is 34.6 Å². The van der Waals surface area contributed by atoms with Crippen LogP contribution in [-0.2, 0) is 19.6 Å². The van der Waals surface area contributed by atoms with Crippen molar-refractivity contribution in [2.24, 2.45) is 0 Å². The predicted octanol–water partition coefficient (Wildman–Crippen LogP) is 5.08. The third-order valence-electron chi connectivity index (χ3n) is 12.6. The number of nitrogen functional groups attached to an aromatic ring is 2. The second-order valence-corrected chi connectivity index (χ2v) is 21.5. The fourth-order valence-electron chi connectivity index (χ4n) is 7.94. The van der Waals surface area contributed by atoms with Crippen molar-refractivity contribution >= 4 is 79.9 Å². The lowest BCUT2D eigenvalue weighted by atomic mass is 10.1. The van der Waals surface area contributed by atoms with E-state index in [-0.39, 0.29) is 29.3 Å². The number of nitrogens with two attached hydrogens (primary N) is 2. The molecule has 7 heterocycles. The van der Waals surface area contributed by atoms with Gasteiger partial charge in [-0.25, -0.2) is 39.9 Å². The van der Waals surface area contributed by atoms with Gasteiger partial charge in [0.15, 0.2) is 46.3 Å². The molecule has 3 aliphatic rings. The number of hydrogen-bond acceptors (Lipinski definition) is 26. The molecule has 0 unspecified atom stereocenters. The highest BCUT2D eigenvalue weighted by molar-refractivity contribution is 9.10. The zero-order valence-corrected chi connectivity index (χ0v) is 54.6. The maximum absolute atomic E-state index is 11.8. The number of methoxy groups -OCH3 is 3. The summed E-state index contributed by atoms with van der Waals surface area (Å²) < 4.78 is 34.0. The van der Waals surface area contributed by atoms with Crippen LogP contribution in [0.5, 0.6) is 40.2 Å². The number of alkyl halides is 1.